The molecule has 0 saturated carbocycles. The summed E-state index contributed by atoms with van der Waals surface area (Å²) in [5.74, 6) is 0.486. The number of nitrogens with one attached hydrogen (secondary N) is 1. The van der Waals surface area contributed by atoms with Crippen molar-refractivity contribution in [1.29, 1.82) is 0 Å². The van der Waals surface area contributed by atoms with E-state index < -0.39 is 12.2 Å². The molecule has 9 heteroatoms. The molecule has 0 bridgehead atoms. The van der Waals surface area contributed by atoms with Crippen molar-refractivity contribution in [3.05, 3.63) is 66.1 Å². The van der Waals surface area contributed by atoms with Crippen molar-refractivity contribution in [2.24, 2.45) is 0 Å². The first-order valence-electron chi connectivity index (χ1n) is 10.4. The second-order valence-corrected chi connectivity index (χ2v) is 7.58. The molecule has 0 aliphatic carbocycles. The Balaban J connectivity index is 1.20. The van der Waals surface area contributed by atoms with Gasteiger partial charge in [0.15, 0.2) is 11.5 Å². The fraction of sp³-hybridized carbons (Fsp3) is 0.208. The van der Waals surface area contributed by atoms with Crippen molar-refractivity contribution in [2.45, 2.75) is 6.10 Å². The number of amides is 2. The maximum atomic E-state index is 13.6. The minimum Gasteiger partial charge on any atom is -0.486 e. The number of fused-ring (bicyclic) bond motifs is 2. The first-order chi connectivity index (χ1) is 16.1. The standard InChI is InChI=1S/C24H20FN3O5/c25-16-2-4-20-19(11-16)15(7-8-26-20)1-6-23(29)27-13-18-14-28(24(30)33-18)17-3-5-21-22(12-17)32-10-9-31-21/h1-8,11-12,18H,9-10,13-14H2,(H,27,29)/t18-/m1/s1. The number of aromatic nitrogens is 1. The zero-order valence-corrected chi connectivity index (χ0v) is 17.5. The average Bonchev–Trinajstić information content (AvgIpc) is 3.21. The predicted molar refractivity (Wildman–Crippen MR) is 119 cm³/mol. The van der Waals surface area contributed by atoms with Gasteiger partial charge in [-0.25, -0.2) is 9.18 Å². The van der Waals surface area contributed by atoms with E-state index in [1.807, 2.05) is 0 Å². The highest BCUT2D eigenvalue weighted by atomic mass is 19.1. The SMILES string of the molecule is O=C(C=Cc1ccnc2ccc(F)cc12)NC[C@@H]1CN(c2ccc3c(c2)OCCO3)C(=O)O1. The summed E-state index contributed by atoms with van der Waals surface area (Å²) in [6.07, 6.45) is 3.56. The molecule has 2 aliphatic heterocycles. The van der Waals surface area contributed by atoms with Crippen LogP contribution in [0.25, 0.3) is 17.0 Å². The molecule has 2 amide bonds. The predicted octanol–water partition coefficient (Wildman–Crippen LogP) is 3.30. The van der Waals surface area contributed by atoms with E-state index in [1.165, 1.54) is 23.1 Å². The summed E-state index contributed by atoms with van der Waals surface area (Å²) >= 11 is 0. The fourth-order valence-corrected chi connectivity index (χ4v) is 3.76. The highest BCUT2D eigenvalue weighted by Gasteiger charge is 2.33. The van der Waals surface area contributed by atoms with E-state index in [4.69, 9.17) is 14.2 Å². The van der Waals surface area contributed by atoms with Crippen LogP contribution in [0.5, 0.6) is 11.5 Å². The van der Waals surface area contributed by atoms with Gasteiger partial charge in [0.2, 0.25) is 5.91 Å². The second kappa shape index (κ2) is 8.78. The number of carbonyl (C=O) groups excluding carboxylic acids is 2. The number of cyclic esters (lactones) is 1. The Hall–Kier alpha value is -4.14. The Morgan fingerprint density at radius 2 is 2.00 bits per heavy atom. The van der Waals surface area contributed by atoms with Crippen molar-refractivity contribution >= 4 is 34.7 Å². The molecule has 3 aromatic rings. The van der Waals surface area contributed by atoms with Gasteiger partial charge < -0.3 is 19.5 Å². The zero-order chi connectivity index (χ0) is 22.8. The number of anilines is 1. The summed E-state index contributed by atoms with van der Waals surface area (Å²) in [5, 5.41) is 3.35. The van der Waals surface area contributed by atoms with Crippen molar-refractivity contribution in [1.82, 2.24) is 10.3 Å². The Labute approximate surface area is 188 Å². The van der Waals surface area contributed by atoms with Gasteiger partial charge in [-0.05, 0) is 48.0 Å². The molecule has 5 rings (SSSR count). The molecule has 1 saturated heterocycles. The van der Waals surface area contributed by atoms with Crippen LogP contribution in [0, 0.1) is 5.82 Å². The third-order valence-corrected chi connectivity index (χ3v) is 5.37. The first-order valence-corrected chi connectivity index (χ1v) is 10.4. The zero-order valence-electron chi connectivity index (χ0n) is 17.5. The second-order valence-electron chi connectivity index (χ2n) is 7.58. The monoisotopic (exact) mass is 449 g/mol. The molecule has 2 aliphatic rings. The van der Waals surface area contributed by atoms with E-state index in [0.717, 1.165) is 0 Å². The smallest absolute Gasteiger partial charge is 0.414 e. The van der Waals surface area contributed by atoms with E-state index in [9.17, 15) is 14.0 Å². The number of rotatable bonds is 5. The van der Waals surface area contributed by atoms with Gasteiger partial charge in [0, 0.05) is 23.7 Å². The number of hydrogen-bond donors (Lipinski definition) is 1. The lowest BCUT2D eigenvalue weighted by Gasteiger charge is -2.21. The van der Waals surface area contributed by atoms with E-state index in [2.05, 4.69) is 10.3 Å². The van der Waals surface area contributed by atoms with Crippen LogP contribution in [-0.4, -0.2) is 49.4 Å². The van der Waals surface area contributed by atoms with Crippen molar-refractivity contribution in [3.63, 3.8) is 0 Å². The number of carbonyl (C=O) groups is 2. The van der Waals surface area contributed by atoms with Crippen LogP contribution in [0.1, 0.15) is 5.56 Å². The fourth-order valence-electron chi connectivity index (χ4n) is 3.76. The van der Waals surface area contributed by atoms with Gasteiger partial charge in [0.25, 0.3) is 0 Å². The van der Waals surface area contributed by atoms with Crippen molar-refractivity contribution in [3.8, 4) is 11.5 Å². The maximum Gasteiger partial charge on any atom is 0.414 e. The molecule has 1 N–H and O–H groups in total. The quantitative estimate of drug-likeness (QED) is 0.602. The molecule has 0 unspecified atom stereocenters. The number of ether oxygens (including phenoxy) is 3. The molecule has 1 atom stereocenters. The molecule has 3 heterocycles. The Kier molecular flexibility index (Phi) is 5.52. The van der Waals surface area contributed by atoms with Gasteiger partial charge >= 0.3 is 6.09 Å². The van der Waals surface area contributed by atoms with Gasteiger partial charge in [0.1, 0.15) is 25.1 Å². The maximum absolute atomic E-state index is 13.6. The van der Waals surface area contributed by atoms with Crippen molar-refractivity contribution in [2.75, 3.05) is 31.2 Å². The summed E-state index contributed by atoms with van der Waals surface area (Å²) in [5.41, 5.74) is 1.94. The van der Waals surface area contributed by atoms with E-state index >= 15 is 0 Å². The lowest BCUT2D eigenvalue weighted by molar-refractivity contribution is -0.116. The topological polar surface area (TPSA) is 90.0 Å². The van der Waals surface area contributed by atoms with Crippen LogP contribution in [0.3, 0.4) is 0 Å². The van der Waals surface area contributed by atoms with Gasteiger partial charge in [-0.3, -0.25) is 14.7 Å². The van der Waals surface area contributed by atoms with Crippen LogP contribution in [0.2, 0.25) is 0 Å². The lowest BCUT2D eigenvalue weighted by Crippen LogP contribution is -2.33. The third kappa shape index (κ3) is 4.43. The molecular formula is C24H20FN3O5. The Morgan fingerprint density at radius 1 is 1.15 bits per heavy atom. The summed E-state index contributed by atoms with van der Waals surface area (Å²) in [7, 11) is 0. The largest absolute Gasteiger partial charge is 0.486 e. The average molecular weight is 449 g/mol. The van der Waals surface area contributed by atoms with Gasteiger partial charge in [0.05, 0.1) is 24.3 Å². The van der Waals surface area contributed by atoms with Crippen molar-refractivity contribution < 1.29 is 28.2 Å². The molecule has 1 aromatic heterocycles. The minimum atomic E-state index is -0.501. The summed E-state index contributed by atoms with van der Waals surface area (Å²) in [6, 6.07) is 11.3. The Morgan fingerprint density at radius 3 is 2.88 bits per heavy atom. The normalized spacial score (nSPS) is 17.4. The number of nitrogens with zero attached hydrogens (tertiary/aromatic N) is 2. The number of hydrogen-bond acceptors (Lipinski definition) is 6. The summed E-state index contributed by atoms with van der Waals surface area (Å²) < 4.78 is 30.0. The molecule has 33 heavy (non-hydrogen) atoms. The number of benzene rings is 2. The highest BCUT2D eigenvalue weighted by molar-refractivity contribution is 5.96. The molecule has 2 aromatic carbocycles. The highest BCUT2D eigenvalue weighted by Crippen LogP contribution is 2.35. The molecule has 168 valence electrons. The van der Waals surface area contributed by atoms with E-state index in [0.29, 0.717) is 46.9 Å². The minimum absolute atomic E-state index is 0.154. The van der Waals surface area contributed by atoms with Crippen LogP contribution < -0.4 is 19.7 Å². The molecule has 0 radical (unpaired) electrons. The van der Waals surface area contributed by atoms with E-state index in [1.54, 1.807) is 42.6 Å². The lowest BCUT2D eigenvalue weighted by atomic mass is 10.1. The summed E-state index contributed by atoms with van der Waals surface area (Å²) in [6.45, 7) is 1.38. The number of halogens is 1. The van der Waals surface area contributed by atoms with Crippen LogP contribution >= 0.6 is 0 Å². The van der Waals surface area contributed by atoms with Gasteiger partial charge in [-0.15, -0.1) is 0 Å². The number of pyridine rings is 1. The Bertz CT molecular complexity index is 1260. The van der Waals surface area contributed by atoms with Gasteiger partial charge in [-0.2, -0.15) is 0 Å². The molecule has 0 spiro atoms. The summed E-state index contributed by atoms with van der Waals surface area (Å²) in [4.78, 5) is 30.3. The van der Waals surface area contributed by atoms with E-state index in [-0.39, 0.29) is 24.8 Å². The third-order valence-electron chi connectivity index (χ3n) is 5.37. The first kappa shape index (κ1) is 20.7. The van der Waals surface area contributed by atoms with Crippen LogP contribution in [-0.2, 0) is 9.53 Å². The molecule has 8 nitrogen and oxygen atoms in total. The van der Waals surface area contributed by atoms with Gasteiger partial charge in [-0.1, -0.05) is 0 Å². The molecular weight excluding hydrogens is 429 g/mol. The molecule has 1 fully saturated rings. The van der Waals surface area contributed by atoms with Crippen LogP contribution in [0.15, 0.2) is 54.7 Å². The van der Waals surface area contributed by atoms with Crippen LogP contribution in [0.4, 0.5) is 14.9 Å².